The third-order valence-corrected chi connectivity index (χ3v) is 5.71. The van der Waals surface area contributed by atoms with Crippen LogP contribution >= 0.6 is 0 Å². The second kappa shape index (κ2) is 9.47. The molecule has 0 radical (unpaired) electrons. The van der Waals surface area contributed by atoms with Crippen LogP contribution in [0, 0.1) is 5.92 Å². The predicted octanol–water partition coefficient (Wildman–Crippen LogP) is 3.57. The van der Waals surface area contributed by atoms with Crippen molar-refractivity contribution in [3.63, 3.8) is 0 Å². The van der Waals surface area contributed by atoms with Crippen molar-refractivity contribution < 1.29 is 9.59 Å². The summed E-state index contributed by atoms with van der Waals surface area (Å²) in [7, 11) is 1.92. The molecule has 4 rings (SSSR count). The van der Waals surface area contributed by atoms with Crippen LogP contribution in [-0.4, -0.2) is 39.5 Å². The number of nitrogens with one attached hydrogen (secondary N) is 2. The number of hydrogen-bond donors (Lipinski definition) is 2. The van der Waals surface area contributed by atoms with E-state index in [9.17, 15) is 9.59 Å². The van der Waals surface area contributed by atoms with Gasteiger partial charge in [-0.15, -0.1) is 0 Å². The summed E-state index contributed by atoms with van der Waals surface area (Å²) in [5.74, 6) is 0.659. The molecule has 7 heteroatoms. The van der Waals surface area contributed by atoms with Crippen LogP contribution in [0.1, 0.15) is 30.3 Å². The first-order chi connectivity index (χ1) is 15.1. The molecule has 2 heterocycles. The van der Waals surface area contributed by atoms with Crippen LogP contribution < -0.4 is 10.6 Å². The number of urea groups is 1. The number of rotatable bonds is 5. The Bertz CT molecular complexity index is 1010. The van der Waals surface area contributed by atoms with Crippen LogP contribution in [0.5, 0.6) is 0 Å². The predicted molar refractivity (Wildman–Crippen MR) is 119 cm³/mol. The molecule has 1 aliphatic heterocycles. The van der Waals surface area contributed by atoms with Crippen LogP contribution in [0.4, 0.5) is 10.5 Å². The molecule has 0 bridgehead atoms. The Kier molecular flexibility index (Phi) is 6.31. The molecule has 2 aromatic carbocycles. The number of likely N-dealkylation sites (tertiary alicyclic amines) is 1. The molecule has 160 valence electrons. The molecule has 31 heavy (non-hydrogen) atoms. The number of amides is 3. The fourth-order valence-electron chi connectivity index (χ4n) is 3.93. The van der Waals surface area contributed by atoms with Gasteiger partial charge in [0.1, 0.15) is 11.9 Å². The van der Waals surface area contributed by atoms with Gasteiger partial charge >= 0.3 is 6.03 Å². The molecule has 0 spiro atoms. The highest BCUT2D eigenvalue weighted by atomic mass is 16.2. The zero-order valence-corrected chi connectivity index (χ0v) is 17.6. The average Bonchev–Trinajstić information content (AvgIpc) is 3.24. The van der Waals surface area contributed by atoms with Gasteiger partial charge in [-0.25, -0.2) is 9.78 Å². The van der Waals surface area contributed by atoms with E-state index < -0.39 is 0 Å². The highest BCUT2D eigenvalue weighted by Gasteiger charge is 2.30. The summed E-state index contributed by atoms with van der Waals surface area (Å²) in [4.78, 5) is 31.8. The van der Waals surface area contributed by atoms with E-state index in [2.05, 4.69) is 15.6 Å². The largest absolute Gasteiger partial charge is 0.342 e. The van der Waals surface area contributed by atoms with Crippen LogP contribution in [0.3, 0.4) is 0 Å². The van der Waals surface area contributed by atoms with Crippen molar-refractivity contribution in [2.75, 3.05) is 18.4 Å². The molecule has 7 nitrogen and oxygen atoms in total. The van der Waals surface area contributed by atoms with Gasteiger partial charge in [0.2, 0.25) is 5.91 Å². The molecule has 1 fully saturated rings. The van der Waals surface area contributed by atoms with Gasteiger partial charge in [-0.05, 0) is 30.5 Å². The Labute approximate surface area is 182 Å². The van der Waals surface area contributed by atoms with E-state index in [0.29, 0.717) is 25.9 Å². The van der Waals surface area contributed by atoms with Crippen molar-refractivity contribution in [3.8, 4) is 0 Å². The van der Waals surface area contributed by atoms with E-state index in [4.69, 9.17) is 0 Å². The van der Waals surface area contributed by atoms with Crippen LogP contribution in [0.15, 0.2) is 73.1 Å². The molecule has 1 aliphatic rings. The number of nitrogens with zero attached hydrogens (tertiary/aromatic N) is 3. The highest BCUT2D eigenvalue weighted by Crippen LogP contribution is 2.24. The first-order valence-electron chi connectivity index (χ1n) is 10.6. The number of para-hydroxylation sites is 1. The van der Waals surface area contributed by atoms with Gasteiger partial charge in [0.25, 0.3) is 0 Å². The number of carbonyl (C=O) groups is 2. The summed E-state index contributed by atoms with van der Waals surface area (Å²) in [5.41, 5.74) is 1.76. The van der Waals surface area contributed by atoms with Gasteiger partial charge < -0.3 is 20.1 Å². The van der Waals surface area contributed by atoms with E-state index in [1.54, 1.807) is 11.1 Å². The van der Waals surface area contributed by atoms with Crippen LogP contribution in [0.2, 0.25) is 0 Å². The number of carbonyl (C=O) groups excluding carboxylic acids is 2. The molecular formula is C24H27N5O2. The maximum atomic E-state index is 13.1. The van der Waals surface area contributed by atoms with Crippen LogP contribution in [0.25, 0.3) is 0 Å². The molecule has 2 N–H and O–H groups in total. The molecule has 1 saturated heterocycles. The lowest BCUT2D eigenvalue weighted by Crippen LogP contribution is -2.45. The lowest BCUT2D eigenvalue weighted by atomic mass is 9.95. The number of benzene rings is 2. The molecule has 0 aliphatic carbocycles. The number of aromatic nitrogens is 2. The Morgan fingerprint density at radius 3 is 2.26 bits per heavy atom. The highest BCUT2D eigenvalue weighted by molar-refractivity contribution is 5.89. The molecule has 3 amide bonds. The van der Waals surface area contributed by atoms with Crippen molar-refractivity contribution in [3.05, 3.63) is 84.4 Å². The van der Waals surface area contributed by atoms with Gasteiger partial charge in [-0.1, -0.05) is 48.5 Å². The second-order valence-electron chi connectivity index (χ2n) is 7.81. The van der Waals surface area contributed by atoms with Crippen LogP contribution in [-0.2, 0) is 11.8 Å². The zero-order valence-electron chi connectivity index (χ0n) is 17.6. The molecule has 1 aromatic heterocycles. The standard InChI is InChI=1S/C24H27N5O2/c1-28-17-14-25-22(28)21(18-8-4-2-5-9-18)27-23(30)19-12-15-29(16-13-19)24(31)26-20-10-6-3-7-11-20/h2-11,14,17,19,21H,12-13,15-16H2,1H3,(H,26,31)(H,27,30)/t21-/m0/s1. The van der Waals surface area contributed by atoms with E-state index in [1.165, 1.54) is 0 Å². The van der Waals surface area contributed by atoms with E-state index >= 15 is 0 Å². The van der Waals surface area contributed by atoms with Crippen molar-refractivity contribution in [1.82, 2.24) is 19.8 Å². The summed E-state index contributed by atoms with van der Waals surface area (Å²) < 4.78 is 1.93. The normalized spacial score (nSPS) is 15.3. The Morgan fingerprint density at radius 1 is 1.00 bits per heavy atom. The van der Waals surface area contributed by atoms with E-state index in [-0.39, 0.29) is 23.9 Å². The summed E-state index contributed by atoms with van der Waals surface area (Å²) in [5, 5.41) is 6.10. The maximum Gasteiger partial charge on any atom is 0.321 e. The topological polar surface area (TPSA) is 79.3 Å². The second-order valence-corrected chi connectivity index (χ2v) is 7.81. The van der Waals surface area contributed by atoms with Gasteiger partial charge in [0.05, 0.1) is 0 Å². The minimum Gasteiger partial charge on any atom is -0.342 e. The minimum atomic E-state index is -0.312. The summed E-state index contributed by atoms with van der Waals surface area (Å²) in [6, 6.07) is 18.8. The summed E-state index contributed by atoms with van der Waals surface area (Å²) in [6.45, 7) is 1.10. The Morgan fingerprint density at radius 2 is 1.65 bits per heavy atom. The minimum absolute atomic E-state index is 0.0000272. The van der Waals surface area contributed by atoms with Crippen molar-refractivity contribution in [2.24, 2.45) is 13.0 Å². The zero-order chi connectivity index (χ0) is 21.6. The number of anilines is 1. The van der Waals surface area contributed by atoms with Gasteiger partial charge in [-0.3, -0.25) is 4.79 Å². The first kappa shape index (κ1) is 20.7. The summed E-state index contributed by atoms with van der Waals surface area (Å²) >= 11 is 0. The smallest absolute Gasteiger partial charge is 0.321 e. The van der Waals surface area contributed by atoms with Gasteiger partial charge in [-0.2, -0.15) is 0 Å². The number of piperidine rings is 1. The van der Waals surface area contributed by atoms with E-state index in [1.807, 2.05) is 78.5 Å². The first-order valence-corrected chi connectivity index (χ1v) is 10.6. The van der Waals surface area contributed by atoms with Crippen molar-refractivity contribution >= 4 is 17.6 Å². The average molecular weight is 418 g/mol. The van der Waals surface area contributed by atoms with Gasteiger partial charge in [0, 0.05) is 44.1 Å². The molecule has 3 aromatic rings. The number of imidazole rings is 1. The fraction of sp³-hybridized carbons (Fsp3) is 0.292. The number of aryl methyl sites for hydroxylation is 1. The Balaban J connectivity index is 1.37. The quantitative estimate of drug-likeness (QED) is 0.666. The lowest BCUT2D eigenvalue weighted by Gasteiger charge is -2.32. The van der Waals surface area contributed by atoms with Crippen molar-refractivity contribution in [2.45, 2.75) is 18.9 Å². The number of hydrogen-bond acceptors (Lipinski definition) is 3. The third kappa shape index (κ3) is 4.94. The Hall–Kier alpha value is -3.61. The monoisotopic (exact) mass is 417 g/mol. The fourth-order valence-corrected chi connectivity index (χ4v) is 3.93. The van der Waals surface area contributed by atoms with E-state index in [0.717, 1.165) is 17.1 Å². The lowest BCUT2D eigenvalue weighted by molar-refractivity contribution is -0.126. The molecule has 0 saturated carbocycles. The summed E-state index contributed by atoms with van der Waals surface area (Å²) in [6.07, 6.45) is 4.88. The molecule has 1 atom stereocenters. The SMILES string of the molecule is Cn1ccnc1[C@@H](NC(=O)C1CCN(C(=O)Nc2ccccc2)CC1)c1ccccc1. The third-order valence-electron chi connectivity index (χ3n) is 5.71. The molecular weight excluding hydrogens is 390 g/mol. The maximum absolute atomic E-state index is 13.1. The van der Waals surface area contributed by atoms with Crippen molar-refractivity contribution in [1.29, 1.82) is 0 Å². The van der Waals surface area contributed by atoms with Gasteiger partial charge in [0.15, 0.2) is 0 Å². The molecule has 0 unspecified atom stereocenters.